The van der Waals surface area contributed by atoms with Gasteiger partial charge >= 0.3 is 0 Å². The highest BCUT2D eigenvalue weighted by Crippen LogP contribution is 2.47. The Morgan fingerprint density at radius 3 is 2.31 bits per heavy atom. The molecule has 0 radical (unpaired) electrons. The van der Waals surface area contributed by atoms with Crippen LogP contribution in [0.2, 0.25) is 0 Å². The summed E-state index contributed by atoms with van der Waals surface area (Å²) in [6, 6.07) is 14.5. The number of anilines is 1. The van der Waals surface area contributed by atoms with Gasteiger partial charge in [-0.2, -0.15) is 4.39 Å². The quantitative estimate of drug-likeness (QED) is 0.656. The van der Waals surface area contributed by atoms with Crippen molar-refractivity contribution in [1.82, 2.24) is 0 Å². The van der Waals surface area contributed by atoms with E-state index >= 15 is 4.39 Å². The molecule has 0 fully saturated rings. The Morgan fingerprint density at radius 2 is 1.62 bits per heavy atom. The van der Waals surface area contributed by atoms with Crippen molar-refractivity contribution < 1.29 is 18.4 Å². The third-order valence-electron chi connectivity index (χ3n) is 4.53. The van der Waals surface area contributed by atoms with Gasteiger partial charge in [-0.05, 0) is 18.1 Å². The smallest absolute Gasteiger partial charge is 0.275 e. The summed E-state index contributed by atoms with van der Waals surface area (Å²) in [5, 5.41) is 1.79. The zero-order valence-electron chi connectivity index (χ0n) is 13.7. The molecule has 1 aliphatic heterocycles. The third-order valence-corrected chi connectivity index (χ3v) is 5.42. The normalized spacial score (nSPS) is 19.2. The predicted molar refractivity (Wildman–Crippen MR) is 96.6 cm³/mol. The van der Waals surface area contributed by atoms with Crippen LogP contribution in [0.15, 0.2) is 54.6 Å². The first kappa shape index (κ1) is 16.6. The standard InChI is InChI=1S/C20H13F2NO2S/c1-11-7-5-6-10-13(11)14-15-16(24)20(22,12-8-3-2-4-9-12)19(25)23-18(15)26-17(14)21/h2-10H,1H3,(H,23,25). The highest BCUT2D eigenvalue weighted by atomic mass is 32.1. The van der Waals surface area contributed by atoms with Crippen LogP contribution < -0.4 is 5.32 Å². The Hall–Kier alpha value is -2.86. The van der Waals surface area contributed by atoms with Crippen LogP contribution in [-0.2, 0) is 10.5 Å². The van der Waals surface area contributed by atoms with Crippen LogP contribution in [0.3, 0.4) is 0 Å². The van der Waals surface area contributed by atoms with Gasteiger partial charge < -0.3 is 5.32 Å². The summed E-state index contributed by atoms with van der Waals surface area (Å²) in [6.45, 7) is 1.78. The minimum atomic E-state index is -2.89. The molecule has 3 aromatic rings. The fourth-order valence-corrected chi connectivity index (χ4v) is 4.13. The van der Waals surface area contributed by atoms with Crippen LogP contribution in [-0.4, -0.2) is 11.7 Å². The first-order valence-corrected chi connectivity index (χ1v) is 8.75. The van der Waals surface area contributed by atoms with Crippen molar-refractivity contribution in [2.75, 3.05) is 5.32 Å². The maximum atomic E-state index is 15.7. The van der Waals surface area contributed by atoms with Gasteiger partial charge in [0.25, 0.3) is 11.6 Å². The van der Waals surface area contributed by atoms with Gasteiger partial charge in [0, 0.05) is 11.1 Å². The van der Waals surface area contributed by atoms with E-state index < -0.39 is 22.5 Å². The fraction of sp³-hybridized carbons (Fsp3) is 0.100. The zero-order chi connectivity index (χ0) is 18.5. The molecular weight excluding hydrogens is 356 g/mol. The summed E-state index contributed by atoms with van der Waals surface area (Å²) in [7, 11) is 0. The van der Waals surface area contributed by atoms with Gasteiger partial charge in [-0.1, -0.05) is 65.9 Å². The molecule has 1 unspecified atom stereocenters. The molecular formula is C20H13F2NO2S. The predicted octanol–water partition coefficient (Wildman–Crippen LogP) is 4.86. The van der Waals surface area contributed by atoms with Gasteiger partial charge in [-0.3, -0.25) is 9.59 Å². The Kier molecular flexibility index (Phi) is 3.73. The number of carbonyl (C=O) groups is 2. The number of alkyl halides is 1. The van der Waals surface area contributed by atoms with E-state index in [1.54, 1.807) is 49.4 Å². The number of amides is 1. The Labute approximate surface area is 152 Å². The first-order chi connectivity index (χ1) is 12.4. The summed E-state index contributed by atoms with van der Waals surface area (Å²) in [6.07, 6.45) is 0. The Balaban J connectivity index is 1.97. The van der Waals surface area contributed by atoms with E-state index in [4.69, 9.17) is 0 Å². The molecule has 0 saturated carbocycles. The van der Waals surface area contributed by atoms with Crippen LogP contribution in [0.4, 0.5) is 13.8 Å². The number of carbonyl (C=O) groups excluding carboxylic acids is 2. The molecule has 1 aliphatic rings. The van der Waals surface area contributed by atoms with E-state index in [0.29, 0.717) is 16.9 Å². The van der Waals surface area contributed by atoms with Crippen LogP contribution in [0.25, 0.3) is 11.1 Å². The van der Waals surface area contributed by atoms with Crippen LogP contribution >= 0.6 is 11.3 Å². The summed E-state index contributed by atoms with van der Waals surface area (Å²) in [4.78, 5) is 25.5. The van der Waals surface area contributed by atoms with E-state index in [0.717, 1.165) is 5.56 Å². The average molecular weight is 369 g/mol. The summed E-state index contributed by atoms with van der Waals surface area (Å²) >= 11 is 0.638. The number of nitrogens with one attached hydrogen (secondary N) is 1. The lowest BCUT2D eigenvalue weighted by atomic mass is 9.82. The number of hydrogen-bond acceptors (Lipinski definition) is 3. The minimum Gasteiger partial charge on any atom is -0.313 e. The lowest BCUT2D eigenvalue weighted by molar-refractivity contribution is -0.125. The van der Waals surface area contributed by atoms with Crippen molar-refractivity contribution in [3.63, 3.8) is 0 Å². The number of benzene rings is 2. The number of hydrogen-bond donors (Lipinski definition) is 1. The molecule has 2 heterocycles. The molecule has 3 nitrogen and oxygen atoms in total. The lowest BCUT2D eigenvalue weighted by Gasteiger charge is -2.28. The SMILES string of the molecule is Cc1ccccc1-c1c(F)sc2c1C(=O)C(F)(c1ccccc1)C(=O)N2. The molecule has 2 aromatic carbocycles. The summed E-state index contributed by atoms with van der Waals surface area (Å²) in [5.74, 6) is -2.14. The molecule has 0 aliphatic carbocycles. The van der Waals surface area contributed by atoms with Gasteiger partial charge in [0.1, 0.15) is 5.00 Å². The zero-order valence-corrected chi connectivity index (χ0v) is 14.5. The van der Waals surface area contributed by atoms with E-state index in [2.05, 4.69) is 5.32 Å². The number of Topliss-reactive ketones (excluding diaryl/α,β-unsaturated/α-hetero) is 1. The van der Waals surface area contributed by atoms with Crippen molar-refractivity contribution in [2.45, 2.75) is 12.6 Å². The minimum absolute atomic E-state index is 0.0334. The maximum Gasteiger partial charge on any atom is 0.275 e. The third kappa shape index (κ3) is 2.22. The molecule has 0 saturated heterocycles. The Morgan fingerprint density at radius 1 is 0.962 bits per heavy atom. The lowest BCUT2D eigenvalue weighted by Crippen LogP contribution is -2.47. The molecule has 1 amide bonds. The topological polar surface area (TPSA) is 46.2 Å². The molecule has 130 valence electrons. The van der Waals surface area contributed by atoms with E-state index in [9.17, 15) is 14.0 Å². The monoisotopic (exact) mass is 369 g/mol. The van der Waals surface area contributed by atoms with Gasteiger partial charge in [-0.25, -0.2) is 4.39 Å². The summed E-state index contributed by atoms with van der Waals surface area (Å²) in [5.41, 5.74) is -1.79. The maximum absolute atomic E-state index is 15.7. The van der Waals surface area contributed by atoms with Crippen molar-refractivity contribution in [2.24, 2.45) is 0 Å². The van der Waals surface area contributed by atoms with E-state index in [-0.39, 0.29) is 21.7 Å². The molecule has 0 bridgehead atoms. The molecule has 1 aromatic heterocycles. The largest absolute Gasteiger partial charge is 0.313 e. The van der Waals surface area contributed by atoms with Crippen LogP contribution in [0, 0.1) is 12.1 Å². The van der Waals surface area contributed by atoms with Crippen LogP contribution in [0.1, 0.15) is 21.5 Å². The number of ketones is 1. The second-order valence-corrected chi connectivity index (χ2v) is 7.05. The second-order valence-electron chi connectivity index (χ2n) is 6.08. The number of halogens is 2. The van der Waals surface area contributed by atoms with Crippen molar-refractivity contribution in [3.05, 3.63) is 76.4 Å². The fourth-order valence-electron chi connectivity index (χ4n) is 3.20. The number of fused-ring (bicyclic) bond motifs is 1. The number of rotatable bonds is 2. The summed E-state index contributed by atoms with van der Waals surface area (Å²) < 4.78 is 30.4. The molecule has 1 atom stereocenters. The number of aryl methyl sites for hydroxylation is 1. The van der Waals surface area contributed by atoms with Gasteiger partial charge in [0.05, 0.1) is 5.56 Å². The molecule has 6 heteroatoms. The van der Waals surface area contributed by atoms with Gasteiger partial charge in [-0.15, -0.1) is 0 Å². The van der Waals surface area contributed by atoms with Gasteiger partial charge in [0.15, 0.2) is 5.13 Å². The highest BCUT2D eigenvalue weighted by Gasteiger charge is 2.54. The van der Waals surface area contributed by atoms with E-state index in [1.165, 1.54) is 12.1 Å². The van der Waals surface area contributed by atoms with Crippen molar-refractivity contribution in [1.29, 1.82) is 0 Å². The van der Waals surface area contributed by atoms with Crippen molar-refractivity contribution >= 4 is 28.0 Å². The molecule has 0 spiro atoms. The first-order valence-electron chi connectivity index (χ1n) is 7.93. The van der Waals surface area contributed by atoms with Crippen LogP contribution in [0.5, 0.6) is 0 Å². The van der Waals surface area contributed by atoms with E-state index in [1.807, 2.05) is 0 Å². The van der Waals surface area contributed by atoms with Crippen molar-refractivity contribution in [3.8, 4) is 11.1 Å². The second kappa shape index (κ2) is 5.85. The average Bonchev–Trinajstić information content (AvgIpc) is 2.96. The highest BCUT2D eigenvalue weighted by molar-refractivity contribution is 7.15. The molecule has 26 heavy (non-hydrogen) atoms. The molecule has 1 N–H and O–H groups in total. The molecule has 4 rings (SSSR count). The van der Waals surface area contributed by atoms with Gasteiger partial charge in [0.2, 0.25) is 5.78 Å². The number of thiophene rings is 1. The Bertz CT molecular complexity index is 1050.